The zero-order chi connectivity index (χ0) is 10.7. The second-order valence-corrected chi connectivity index (χ2v) is 3.84. The monoisotopic (exact) mass is 266 g/mol. The summed E-state index contributed by atoms with van der Waals surface area (Å²) in [5, 5.41) is 0. The average Bonchev–Trinajstić information content (AvgIpc) is 2.25. The van der Waals surface area contributed by atoms with Crippen molar-refractivity contribution in [1.82, 2.24) is 0 Å². The van der Waals surface area contributed by atoms with Crippen molar-refractivity contribution in [3.63, 3.8) is 0 Å². The molecule has 0 saturated carbocycles. The molecule has 0 saturated heterocycles. The van der Waals surface area contributed by atoms with Crippen molar-refractivity contribution in [2.24, 2.45) is 0 Å². The lowest BCUT2D eigenvalue weighted by Crippen LogP contribution is -1.85. The van der Waals surface area contributed by atoms with Crippen LogP contribution < -0.4 is 4.74 Å². The molecule has 0 radical (unpaired) electrons. The molecule has 0 aliphatic carbocycles. The van der Waals surface area contributed by atoms with Gasteiger partial charge in [-0.05, 0) is 52.3 Å². The Morgan fingerprint density at radius 1 is 0.933 bits per heavy atom. The summed E-state index contributed by atoms with van der Waals surface area (Å²) in [6.45, 7) is 0. The summed E-state index contributed by atoms with van der Waals surface area (Å²) in [7, 11) is 0. The summed E-state index contributed by atoms with van der Waals surface area (Å²) in [6.07, 6.45) is 0. The number of hydrogen-bond acceptors (Lipinski definition) is 1. The third-order valence-corrected chi connectivity index (χ3v) is 2.53. The Bertz CT molecular complexity index is 453. The Morgan fingerprint density at radius 3 is 2.27 bits per heavy atom. The van der Waals surface area contributed by atoms with Crippen LogP contribution in [-0.2, 0) is 0 Å². The Morgan fingerprint density at radius 2 is 1.60 bits per heavy atom. The molecule has 3 heteroatoms. The van der Waals surface area contributed by atoms with Crippen molar-refractivity contribution in [3.8, 4) is 11.5 Å². The summed E-state index contributed by atoms with van der Waals surface area (Å²) in [5.74, 6) is 1.06. The number of halogens is 2. The van der Waals surface area contributed by atoms with Gasteiger partial charge in [-0.2, -0.15) is 0 Å². The van der Waals surface area contributed by atoms with Gasteiger partial charge in [-0.1, -0.05) is 12.1 Å². The highest BCUT2D eigenvalue weighted by Crippen LogP contribution is 2.28. The number of para-hydroxylation sites is 1. The van der Waals surface area contributed by atoms with E-state index in [4.69, 9.17) is 4.74 Å². The molecule has 0 unspecified atom stereocenters. The van der Waals surface area contributed by atoms with Crippen molar-refractivity contribution in [1.29, 1.82) is 0 Å². The fraction of sp³-hybridized carbons (Fsp3) is 0. The van der Waals surface area contributed by atoms with E-state index in [9.17, 15) is 4.39 Å². The SMILES string of the molecule is Fc1ccc(Oc2ccccc2Br)cc1. The van der Waals surface area contributed by atoms with E-state index in [-0.39, 0.29) is 5.82 Å². The first-order chi connectivity index (χ1) is 7.25. The molecule has 0 amide bonds. The van der Waals surface area contributed by atoms with E-state index in [1.54, 1.807) is 12.1 Å². The summed E-state index contributed by atoms with van der Waals surface area (Å²) in [6, 6.07) is 13.4. The van der Waals surface area contributed by atoms with Crippen molar-refractivity contribution in [3.05, 3.63) is 58.8 Å². The molecule has 0 fully saturated rings. The van der Waals surface area contributed by atoms with E-state index < -0.39 is 0 Å². The average molecular weight is 267 g/mol. The van der Waals surface area contributed by atoms with Crippen LogP contribution in [0.5, 0.6) is 11.5 Å². The molecule has 1 nitrogen and oxygen atoms in total. The third-order valence-electron chi connectivity index (χ3n) is 1.88. The van der Waals surface area contributed by atoms with Crippen molar-refractivity contribution in [2.45, 2.75) is 0 Å². The standard InChI is InChI=1S/C12H8BrFO/c13-11-3-1-2-4-12(11)15-10-7-5-9(14)6-8-10/h1-8H. The van der Waals surface area contributed by atoms with Crippen LogP contribution in [0.3, 0.4) is 0 Å². The minimum absolute atomic E-state index is 0.269. The normalized spacial score (nSPS) is 10.0. The Labute approximate surface area is 95.6 Å². The maximum Gasteiger partial charge on any atom is 0.141 e. The second kappa shape index (κ2) is 4.45. The van der Waals surface area contributed by atoms with E-state index in [2.05, 4.69) is 15.9 Å². The second-order valence-electron chi connectivity index (χ2n) is 2.99. The molecule has 2 aromatic rings. The lowest BCUT2D eigenvalue weighted by molar-refractivity contribution is 0.477. The van der Waals surface area contributed by atoms with E-state index in [1.807, 2.05) is 24.3 Å². The summed E-state index contributed by atoms with van der Waals surface area (Å²) >= 11 is 3.37. The first-order valence-electron chi connectivity index (χ1n) is 4.43. The molecule has 0 aliphatic rings. The Kier molecular flexibility index (Phi) is 3.02. The quantitative estimate of drug-likeness (QED) is 0.784. The Balaban J connectivity index is 2.22. The van der Waals surface area contributed by atoms with Gasteiger partial charge >= 0.3 is 0 Å². The number of hydrogen-bond donors (Lipinski definition) is 0. The van der Waals surface area contributed by atoms with Crippen molar-refractivity contribution < 1.29 is 9.13 Å². The predicted octanol–water partition coefficient (Wildman–Crippen LogP) is 4.38. The van der Waals surface area contributed by atoms with Gasteiger partial charge in [0.05, 0.1) is 4.47 Å². The molecule has 0 bridgehead atoms. The van der Waals surface area contributed by atoms with Crippen LogP contribution in [-0.4, -0.2) is 0 Å². The summed E-state index contributed by atoms with van der Waals surface area (Å²) < 4.78 is 19.1. The smallest absolute Gasteiger partial charge is 0.141 e. The number of benzene rings is 2. The minimum Gasteiger partial charge on any atom is -0.456 e. The highest BCUT2D eigenvalue weighted by atomic mass is 79.9. The maximum absolute atomic E-state index is 12.6. The molecule has 15 heavy (non-hydrogen) atoms. The van der Waals surface area contributed by atoms with Gasteiger partial charge in [-0.25, -0.2) is 4.39 Å². The highest BCUT2D eigenvalue weighted by Gasteiger charge is 2.00. The van der Waals surface area contributed by atoms with E-state index >= 15 is 0 Å². The van der Waals surface area contributed by atoms with Gasteiger partial charge in [0.2, 0.25) is 0 Å². The fourth-order valence-electron chi connectivity index (χ4n) is 1.16. The van der Waals surface area contributed by atoms with Gasteiger partial charge < -0.3 is 4.74 Å². The lowest BCUT2D eigenvalue weighted by atomic mass is 10.3. The van der Waals surface area contributed by atoms with Crippen molar-refractivity contribution in [2.75, 3.05) is 0 Å². The number of ether oxygens (including phenoxy) is 1. The van der Waals surface area contributed by atoms with Gasteiger partial charge in [0.15, 0.2) is 0 Å². The number of rotatable bonds is 2. The molecule has 0 aliphatic heterocycles. The zero-order valence-electron chi connectivity index (χ0n) is 7.78. The summed E-state index contributed by atoms with van der Waals surface area (Å²) in [4.78, 5) is 0. The van der Waals surface area contributed by atoms with Crippen LogP contribution in [0.1, 0.15) is 0 Å². The van der Waals surface area contributed by atoms with Crippen LogP contribution in [0.25, 0.3) is 0 Å². The summed E-state index contributed by atoms with van der Waals surface area (Å²) in [5.41, 5.74) is 0. The molecule has 2 rings (SSSR count). The lowest BCUT2D eigenvalue weighted by Gasteiger charge is -2.06. The van der Waals surface area contributed by atoms with Crippen LogP contribution in [0.4, 0.5) is 4.39 Å². The van der Waals surface area contributed by atoms with Crippen molar-refractivity contribution >= 4 is 15.9 Å². The predicted molar refractivity (Wildman–Crippen MR) is 60.6 cm³/mol. The first-order valence-corrected chi connectivity index (χ1v) is 5.23. The molecule has 0 spiro atoms. The molecular formula is C12H8BrFO. The van der Waals surface area contributed by atoms with Gasteiger partial charge in [0, 0.05) is 0 Å². The van der Waals surface area contributed by atoms with Gasteiger partial charge in [-0.15, -0.1) is 0 Å². The van der Waals surface area contributed by atoms with Crippen LogP contribution in [0.2, 0.25) is 0 Å². The topological polar surface area (TPSA) is 9.23 Å². The highest BCUT2D eigenvalue weighted by molar-refractivity contribution is 9.10. The molecule has 0 aromatic heterocycles. The van der Waals surface area contributed by atoms with E-state index in [0.717, 1.165) is 4.47 Å². The van der Waals surface area contributed by atoms with E-state index in [0.29, 0.717) is 11.5 Å². The van der Waals surface area contributed by atoms with Gasteiger partial charge in [0.1, 0.15) is 17.3 Å². The molecule has 0 atom stereocenters. The molecular weight excluding hydrogens is 259 g/mol. The van der Waals surface area contributed by atoms with Gasteiger partial charge in [-0.3, -0.25) is 0 Å². The molecule has 2 aromatic carbocycles. The maximum atomic E-state index is 12.6. The zero-order valence-corrected chi connectivity index (χ0v) is 9.37. The largest absolute Gasteiger partial charge is 0.456 e. The fourth-order valence-corrected chi connectivity index (χ4v) is 1.52. The van der Waals surface area contributed by atoms with Gasteiger partial charge in [0.25, 0.3) is 0 Å². The minimum atomic E-state index is -0.269. The molecule has 76 valence electrons. The van der Waals surface area contributed by atoms with Crippen LogP contribution >= 0.6 is 15.9 Å². The van der Waals surface area contributed by atoms with Crippen LogP contribution in [0, 0.1) is 5.82 Å². The van der Waals surface area contributed by atoms with Crippen LogP contribution in [0.15, 0.2) is 53.0 Å². The van der Waals surface area contributed by atoms with E-state index in [1.165, 1.54) is 12.1 Å². The third kappa shape index (κ3) is 2.57. The first kappa shape index (κ1) is 10.2. The molecule has 0 heterocycles. The molecule has 0 N–H and O–H groups in total. The Hall–Kier alpha value is -1.35.